The number of carbonyl (C=O) groups excluding carboxylic acids is 3. The van der Waals surface area contributed by atoms with Gasteiger partial charge in [0.1, 0.15) is 0 Å². The second-order valence-corrected chi connectivity index (χ2v) is 19.2. The third-order valence-corrected chi connectivity index (χ3v) is 12.1. The van der Waals surface area contributed by atoms with E-state index in [2.05, 4.69) is 165 Å². The van der Waals surface area contributed by atoms with Crippen molar-refractivity contribution < 1.29 is 90.0 Å². The average molecular weight is 1620 g/mol. The minimum atomic E-state index is -0.125. The number of pyridine rings is 3. The first-order valence-corrected chi connectivity index (χ1v) is 25.6. The van der Waals surface area contributed by atoms with Crippen molar-refractivity contribution in [1.82, 2.24) is 15.0 Å². The van der Waals surface area contributed by atoms with Crippen molar-refractivity contribution in [3.63, 3.8) is 0 Å². The molecule has 12 heteroatoms. The van der Waals surface area contributed by atoms with E-state index in [0.29, 0.717) is 0 Å². The molecule has 3 heterocycles. The maximum atomic E-state index is 10.0. The van der Waals surface area contributed by atoms with E-state index in [0.717, 1.165) is 55.9 Å². The van der Waals surface area contributed by atoms with E-state index >= 15 is 0 Å². The third-order valence-electron chi connectivity index (χ3n) is 12.1. The van der Waals surface area contributed by atoms with Crippen LogP contribution in [0.15, 0.2) is 163 Å². The van der Waals surface area contributed by atoms with Crippen molar-refractivity contribution in [3.8, 4) is 33.8 Å². The van der Waals surface area contributed by atoms with Crippen LogP contribution in [0.25, 0.3) is 66.5 Å². The van der Waals surface area contributed by atoms with Gasteiger partial charge in [0.05, 0.1) is 33.8 Å². The largest absolute Gasteiger partial charge is 0.512 e. The number of rotatable bonds is 6. The average Bonchev–Trinajstić information content (AvgIpc) is 3.38. The van der Waals surface area contributed by atoms with Gasteiger partial charge in [-0.05, 0) is 93.0 Å². The molecule has 0 amide bonds. The Bertz CT molecular complexity index is 3590. The van der Waals surface area contributed by atoms with E-state index in [1.807, 2.05) is 42.5 Å². The van der Waals surface area contributed by atoms with Crippen molar-refractivity contribution in [2.45, 2.75) is 104 Å². The molecule has 3 aromatic heterocycles. The maximum Gasteiger partial charge on any atom is 0.155 e. The van der Waals surface area contributed by atoms with Gasteiger partial charge in [-0.3, -0.25) is 29.3 Å². The van der Waals surface area contributed by atoms with Gasteiger partial charge in [-0.1, -0.05) is 153 Å². The second kappa shape index (κ2) is 35.1. The van der Waals surface area contributed by atoms with Crippen LogP contribution < -0.4 is 0 Å². The monoisotopic (exact) mass is 1620 g/mol. The minimum absolute atomic E-state index is 0. The quantitative estimate of drug-likeness (QED) is 0.0840. The van der Waals surface area contributed by atoms with Crippen molar-refractivity contribution in [2.75, 3.05) is 0 Å². The molecule has 0 bridgehead atoms. The van der Waals surface area contributed by atoms with Crippen LogP contribution in [0.2, 0.25) is 0 Å². The van der Waals surface area contributed by atoms with E-state index in [9.17, 15) is 14.4 Å². The van der Waals surface area contributed by atoms with Gasteiger partial charge in [0.15, 0.2) is 17.3 Å². The first kappa shape index (κ1) is 72.1. The fraction of sp³-hybridized carbons (Fsp3) is 0.217. The molecule has 0 unspecified atom stereocenters. The number of hydrogen-bond acceptors (Lipinski definition) is 9. The Morgan fingerprint density at radius 1 is 0.383 bits per heavy atom. The standard InChI is InChI=1S/3C18H16N.3C5H8O2.3Ir/c1-12-10-16(11-13(2)14(12)3)18-9-8-15-6-4-5-7-17(15)19-18;1-12-10-14(3)16(11-13(12)2)18-9-8-15-6-4-5-7-17(15)19-18;1-12-10-13(2)14(3)16(11-12)18-9-8-15-6-4-5-7-17(15)19-18;3*1-4(6)3-5(2)7;;;/h3*4-10H,1-3H3;3*3,6H,1-2H3;;;/q3*-1;;;;;;. The number of aryl methyl sites for hydroxylation is 7. The number of hydrogen-bond donors (Lipinski definition) is 3. The molecule has 0 saturated heterocycles. The second-order valence-electron chi connectivity index (χ2n) is 19.2. The van der Waals surface area contributed by atoms with E-state index < -0.39 is 0 Å². The Hall–Kier alpha value is -6.87. The number of aromatic nitrogens is 3. The molecule has 0 aliphatic rings. The molecule has 429 valence electrons. The molecular weight excluding hydrogens is 1540 g/mol. The van der Waals surface area contributed by atoms with Gasteiger partial charge >= 0.3 is 0 Å². The van der Waals surface area contributed by atoms with Crippen molar-refractivity contribution in [2.24, 2.45) is 0 Å². The number of aliphatic hydroxyl groups is 3. The predicted octanol–water partition coefficient (Wildman–Crippen LogP) is 17.0. The molecule has 9 nitrogen and oxygen atoms in total. The molecular formula is C69H72Ir3N3O6-3. The predicted molar refractivity (Wildman–Crippen MR) is 322 cm³/mol. The maximum absolute atomic E-state index is 10.0. The van der Waals surface area contributed by atoms with Crippen molar-refractivity contribution in [3.05, 3.63) is 231 Å². The van der Waals surface area contributed by atoms with Crippen LogP contribution in [0.3, 0.4) is 0 Å². The first-order chi connectivity index (χ1) is 36.8. The Morgan fingerprint density at radius 3 is 1.14 bits per heavy atom. The molecule has 6 aromatic carbocycles. The molecule has 81 heavy (non-hydrogen) atoms. The van der Waals surface area contributed by atoms with Crippen LogP contribution in [-0.2, 0) is 74.7 Å². The summed E-state index contributed by atoms with van der Waals surface area (Å²) in [4.78, 5) is 44.3. The number of aliphatic hydroxyl groups excluding tert-OH is 3. The molecule has 0 aliphatic carbocycles. The van der Waals surface area contributed by atoms with E-state index in [1.54, 1.807) is 0 Å². The fourth-order valence-electron chi connectivity index (χ4n) is 7.97. The first-order valence-electron chi connectivity index (χ1n) is 25.6. The van der Waals surface area contributed by atoms with Crippen LogP contribution in [0.4, 0.5) is 0 Å². The number of para-hydroxylation sites is 3. The zero-order valence-corrected chi connectivity index (χ0v) is 55.9. The summed E-state index contributed by atoms with van der Waals surface area (Å²) in [7, 11) is 0. The van der Waals surface area contributed by atoms with Gasteiger partial charge in [0.2, 0.25) is 0 Å². The molecule has 0 aliphatic heterocycles. The van der Waals surface area contributed by atoms with E-state index in [4.69, 9.17) is 30.3 Å². The zero-order chi connectivity index (χ0) is 57.8. The van der Waals surface area contributed by atoms with Gasteiger partial charge in [-0.25, -0.2) is 0 Å². The van der Waals surface area contributed by atoms with Gasteiger partial charge in [0.25, 0.3) is 0 Å². The van der Waals surface area contributed by atoms with Gasteiger partial charge < -0.3 is 15.3 Å². The molecule has 9 rings (SSSR count). The topological polar surface area (TPSA) is 151 Å². The Labute approximate surface area is 519 Å². The van der Waals surface area contributed by atoms with Crippen LogP contribution >= 0.6 is 0 Å². The smallest absolute Gasteiger partial charge is 0.155 e. The summed E-state index contributed by atoms with van der Waals surface area (Å²) in [5.74, 6) is -0.187. The molecule has 3 radical (unpaired) electrons. The Morgan fingerprint density at radius 2 is 0.753 bits per heavy atom. The summed E-state index contributed by atoms with van der Waals surface area (Å²) in [6.07, 6.45) is 3.50. The third kappa shape index (κ3) is 23.6. The van der Waals surface area contributed by atoms with Crippen LogP contribution in [-0.4, -0.2) is 47.6 Å². The molecule has 3 N–H and O–H groups in total. The molecule has 0 fully saturated rings. The number of fused-ring (bicyclic) bond motifs is 3. The van der Waals surface area contributed by atoms with Crippen molar-refractivity contribution in [1.29, 1.82) is 0 Å². The number of benzene rings is 6. The number of allylic oxidation sites excluding steroid dienone is 6. The minimum Gasteiger partial charge on any atom is -0.512 e. The Balaban J connectivity index is 0.000000510. The molecule has 9 aromatic rings. The summed E-state index contributed by atoms with van der Waals surface area (Å²) in [5, 5.41) is 28.6. The van der Waals surface area contributed by atoms with Gasteiger partial charge in [0, 0.05) is 78.5 Å². The molecule has 0 atom stereocenters. The zero-order valence-electron chi connectivity index (χ0n) is 48.8. The Kier molecular flexibility index (Phi) is 31.3. The van der Waals surface area contributed by atoms with Crippen LogP contribution in [0.1, 0.15) is 91.6 Å². The number of nitrogens with zero attached hydrogens (tertiary/aromatic N) is 3. The summed E-state index contributed by atoms with van der Waals surface area (Å²) in [6, 6.07) is 54.1. The number of ketones is 3. The molecule has 0 saturated carbocycles. The summed E-state index contributed by atoms with van der Waals surface area (Å²) in [6.45, 7) is 27.6. The summed E-state index contributed by atoms with van der Waals surface area (Å²) < 4.78 is 0. The van der Waals surface area contributed by atoms with Crippen LogP contribution in [0.5, 0.6) is 0 Å². The molecule has 0 spiro atoms. The van der Waals surface area contributed by atoms with Gasteiger partial charge in [-0.15, -0.1) is 103 Å². The number of carbonyl (C=O) groups is 3. The van der Waals surface area contributed by atoms with Gasteiger partial charge in [-0.2, -0.15) is 0 Å². The van der Waals surface area contributed by atoms with Crippen molar-refractivity contribution >= 4 is 50.1 Å². The van der Waals surface area contributed by atoms with Crippen LogP contribution in [0, 0.1) is 80.5 Å². The normalized spacial score (nSPS) is 10.6. The fourth-order valence-corrected chi connectivity index (χ4v) is 7.97. The SMILES string of the molecule is CC(=O)C=C(C)O.CC(=O)C=C(C)O.CC(=O)C=C(C)O.Cc1[c-]c(-c2ccc3ccccc3n2)c(C)c(C)c1.Cc1[c-]c(-c2ccc3ccccc3n2)c(C)cc1C.Cc1[c-]c(-c2ccc3ccccc3n2)cc(C)c1C.[Ir].[Ir].[Ir]. The van der Waals surface area contributed by atoms with E-state index in [-0.39, 0.29) is 94.9 Å². The van der Waals surface area contributed by atoms with E-state index in [1.165, 1.54) is 120 Å². The summed E-state index contributed by atoms with van der Waals surface area (Å²) in [5.41, 5.74) is 20.6. The summed E-state index contributed by atoms with van der Waals surface area (Å²) >= 11 is 0.